The lowest BCUT2D eigenvalue weighted by Gasteiger charge is -2.11. The molecule has 0 aliphatic rings. The minimum absolute atomic E-state index is 0.0226. The van der Waals surface area contributed by atoms with Crippen LogP contribution < -0.4 is 4.72 Å². The van der Waals surface area contributed by atoms with E-state index in [9.17, 15) is 8.42 Å². The van der Waals surface area contributed by atoms with Crippen LogP contribution in [0.15, 0.2) is 0 Å². The van der Waals surface area contributed by atoms with Crippen molar-refractivity contribution in [1.82, 2.24) is 4.72 Å². The number of rotatable bonds is 7. The molecule has 0 heterocycles. The van der Waals surface area contributed by atoms with Crippen molar-refractivity contribution in [1.29, 1.82) is 0 Å². The largest absolute Gasteiger partial charge is 0.383 e. The van der Waals surface area contributed by atoms with Crippen molar-refractivity contribution >= 4 is 26.0 Å². The Labute approximate surface area is 94.6 Å². The van der Waals surface area contributed by atoms with E-state index in [1.807, 2.05) is 13.8 Å². The third-order valence-corrected chi connectivity index (χ3v) is 3.73. The summed E-state index contributed by atoms with van der Waals surface area (Å²) in [5.41, 5.74) is 0. The molecule has 1 N–H and O–H groups in total. The molecule has 4 nitrogen and oxygen atoms in total. The average Bonchev–Trinajstić information content (AvgIpc) is 1.99. The molecule has 6 heteroatoms. The molecule has 0 spiro atoms. The molecule has 0 amide bonds. The summed E-state index contributed by atoms with van der Waals surface area (Å²) in [5, 5.41) is 0. The number of halogens is 1. The first-order chi connectivity index (χ1) is 6.37. The summed E-state index contributed by atoms with van der Waals surface area (Å²) in [7, 11) is -1.55. The Morgan fingerprint density at radius 2 is 2.00 bits per heavy atom. The Hall–Kier alpha value is 0.350. The molecule has 0 fully saturated rings. The molecule has 0 rings (SSSR count). The molecule has 1 atom stereocenters. The fourth-order valence-corrected chi connectivity index (χ4v) is 3.05. The fraction of sp³-hybridized carbons (Fsp3) is 1.00. The van der Waals surface area contributed by atoms with Gasteiger partial charge in [-0.2, -0.15) is 0 Å². The van der Waals surface area contributed by atoms with Gasteiger partial charge in [-0.3, -0.25) is 0 Å². The highest BCUT2D eigenvalue weighted by Crippen LogP contribution is 2.01. The van der Waals surface area contributed by atoms with Crippen LogP contribution in [-0.4, -0.2) is 39.3 Å². The molecule has 1 unspecified atom stereocenters. The maximum absolute atomic E-state index is 11.4. The average molecular weight is 288 g/mol. The van der Waals surface area contributed by atoms with Crippen LogP contribution in [0.5, 0.6) is 0 Å². The van der Waals surface area contributed by atoms with Gasteiger partial charge >= 0.3 is 0 Å². The van der Waals surface area contributed by atoms with Gasteiger partial charge in [-0.25, -0.2) is 13.1 Å². The molecule has 0 aliphatic carbocycles. The van der Waals surface area contributed by atoms with Gasteiger partial charge in [0.15, 0.2) is 0 Å². The van der Waals surface area contributed by atoms with Gasteiger partial charge < -0.3 is 4.74 Å². The number of methoxy groups -OCH3 is 1. The van der Waals surface area contributed by atoms with Gasteiger partial charge in [0.2, 0.25) is 10.0 Å². The lowest BCUT2D eigenvalue weighted by atomic mass is 10.3. The van der Waals surface area contributed by atoms with E-state index in [0.717, 1.165) is 0 Å². The standard InChI is InChI=1S/C8H18BrNO3S/c1-7(2)6-14(11,12)10-4-8(9)5-13-3/h7-8,10H,4-6H2,1-3H3. The van der Waals surface area contributed by atoms with Crippen LogP contribution in [0.2, 0.25) is 0 Å². The molecule has 0 bridgehead atoms. The number of alkyl halides is 1. The zero-order valence-corrected chi connectivity index (χ0v) is 11.2. The second-order valence-electron chi connectivity index (χ2n) is 3.58. The normalized spacial score (nSPS) is 14.6. The molecule has 0 aromatic heterocycles. The zero-order valence-electron chi connectivity index (χ0n) is 8.79. The summed E-state index contributed by atoms with van der Waals surface area (Å²) in [6, 6.07) is 0. The summed E-state index contributed by atoms with van der Waals surface area (Å²) >= 11 is 3.30. The maximum atomic E-state index is 11.4. The van der Waals surface area contributed by atoms with Crippen molar-refractivity contribution in [2.45, 2.75) is 18.7 Å². The van der Waals surface area contributed by atoms with E-state index in [1.165, 1.54) is 0 Å². The predicted octanol–water partition coefficient (Wildman–Crippen LogP) is 0.972. The topological polar surface area (TPSA) is 55.4 Å². The van der Waals surface area contributed by atoms with Crippen LogP contribution in [0.4, 0.5) is 0 Å². The van der Waals surface area contributed by atoms with Gasteiger partial charge in [-0.05, 0) is 5.92 Å². The molecule has 0 aliphatic heterocycles. The third kappa shape index (κ3) is 7.73. The highest BCUT2D eigenvalue weighted by molar-refractivity contribution is 9.09. The zero-order chi connectivity index (χ0) is 11.2. The van der Waals surface area contributed by atoms with Gasteiger partial charge in [0, 0.05) is 13.7 Å². The third-order valence-electron chi connectivity index (χ3n) is 1.42. The van der Waals surface area contributed by atoms with E-state index < -0.39 is 10.0 Å². The van der Waals surface area contributed by atoms with Crippen LogP contribution in [0.3, 0.4) is 0 Å². The summed E-state index contributed by atoms with van der Waals surface area (Å²) < 4.78 is 30.1. The van der Waals surface area contributed by atoms with E-state index in [-0.39, 0.29) is 16.5 Å². The SMILES string of the molecule is COCC(Br)CNS(=O)(=O)CC(C)C. The van der Waals surface area contributed by atoms with Crippen LogP contribution in [0.1, 0.15) is 13.8 Å². The molecule has 86 valence electrons. The second kappa shape index (κ2) is 6.76. The molecular weight excluding hydrogens is 270 g/mol. The monoisotopic (exact) mass is 287 g/mol. The Bertz CT molecular complexity index is 241. The van der Waals surface area contributed by atoms with Crippen molar-refractivity contribution < 1.29 is 13.2 Å². The van der Waals surface area contributed by atoms with Crippen molar-refractivity contribution in [2.24, 2.45) is 5.92 Å². The molecule has 0 aromatic rings. The Morgan fingerprint density at radius 1 is 1.43 bits per heavy atom. The molecule has 14 heavy (non-hydrogen) atoms. The first-order valence-corrected chi connectivity index (χ1v) is 7.04. The minimum atomic E-state index is -3.13. The van der Waals surface area contributed by atoms with Crippen LogP contribution in [0.25, 0.3) is 0 Å². The van der Waals surface area contributed by atoms with E-state index in [2.05, 4.69) is 20.7 Å². The van der Waals surface area contributed by atoms with Crippen LogP contribution >= 0.6 is 15.9 Å². The summed E-state index contributed by atoms with van der Waals surface area (Å²) in [5.74, 6) is 0.309. The van der Waals surface area contributed by atoms with E-state index >= 15 is 0 Å². The summed E-state index contributed by atoms with van der Waals surface area (Å²) in [4.78, 5) is 0.0226. The summed E-state index contributed by atoms with van der Waals surface area (Å²) in [6.07, 6.45) is 0. The first-order valence-electron chi connectivity index (χ1n) is 4.47. The number of nitrogens with one attached hydrogen (secondary N) is 1. The van der Waals surface area contributed by atoms with Gasteiger partial charge in [-0.1, -0.05) is 29.8 Å². The number of ether oxygens (including phenoxy) is 1. The lowest BCUT2D eigenvalue weighted by Crippen LogP contribution is -2.34. The van der Waals surface area contributed by atoms with E-state index in [1.54, 1.807) is 7.11 Å². The maximum Gasteiger partial charge on any atom is 0.211 e. The van der Waals surface area contributed by atoms with Crippen molar-refractivity contribution in [3.63, 3.8) is 0 Å². The number of sulfonamides is 1. The quantitative estimate of drug-likeness (QED) is 0.710. The van der Waals surface area contributed by atoms with E-state index in [0.29, 0.717) is 13.2 Å². The van der Waals surface area contributed by atoms with Crippen LogP contribution in [0, 0.1) is 5.92 Å². The Morgan fingerprint density at radius 3 is 2.43 bits per heavy atom. The van der Waals surface area contributed by atoms with Gasteiger partial charge in [-0.15, -0.1) is 0 Å². The fourth-order valence-electron chi connectivity index (χ4n) is 0.955. The lowest BCUT2D eigenvalue weighted by molar-refractivity contribution is 0.201. The number of hydrogen-bond donors (Lipinski definition) is 1. The second-order valence-corrected chi connectivity index (χ2v) is 6.72. The van der Waals surface area contributed by atoms with Crippen molar-refractivity contribution in [3.05, 3.63) is 0 Å². The number of hydrogen-bond acceptors (Lipinski definition) is 3. The molecule has 0 saturated carbocycles. The van der Waals surface area contributed by atoms with Crippen molar-refractivity contribution in [2.75, 3.05) is 26.0 Å². The summed E-state index contributed by atoms with van der Waals surface area (Å²) in [6.45, 7) is 4.60. The van der Waals surface area contributed by atoms with Gasteiger partial charge in [0.05, 0.1) is 17.2 Å². The molecule has 0 aromatic carbocycles. The van der Waals surface area contributed by atoms with Crippen molar-refractivity contribution in [3.8, 4) is 0 Å². The van der Waals surface area contributed by atoms with Gasteiger partial charge in [0.25, 0.3) is 0 Å². The Balaban J connectivity index is 3.87. The van der Waals surface area contributed by atoms with Gasteiger partial charge in [0.1, 0.15) is 0 Å². The highest BCUT2D eigenvalue weighted by atomic mass is 79.9. The minimum Gasteiger partial charge on any atom is -0.383 e. The predicted molar refractivity (Wildman–Crippen MR) is 61.2 cm³/mol. The molecule has 0 radical (unpaired) electrons. The van der Waals surface area contributed by atoms with Crippen LogP contribution in [-0.2, 0) is 14.8 Å². The molecular formula is C8H18BrNO3S. The molecule has 0 saturated heterocycles. The highest BCUT2D eigenvalue weighted by Gasteiger charge is 2.14. The first kappa shape index (κ1) is 14.3. The Kier molecular flexibility index (Phi) is 6.93. The van der Waals surface area contributed by atoms with E-state index in [4.69, 9.17) is 4.74 Å². The smallest absolute Gasteiger partial charge is 0.211 e.